The minimum Gasteiger partial charge on any atom is -0.506 e. The lowest BCUT2D eigenvalue weighted by molar-refractivity contribution is 0.0583. The van der Waals surface area contributed by atoms with Gasteiger partial charge in [0.25, 0.3) is 0 Å². The fourth-order valence-electron chi connectivity index (χ4n) is 2.12. The molecule has 1 aromatic rings. The number of rotatable bonds is 2. The second kappa shape index (κ2) is 7.10. The SMILES string of the molecule is Cl.N[C@H](c1cc(Br)c(O)c(Br)c1)C1CCOCC1. The van der Waals surface area contributed by atoms with Crippen molar-refractivity contribution < 1.29 is 9.84 Å². The third-order valence-corrected chi connectivity index (χ3v) is 4.41. The number of ether oxygens (including phenoxy) is 1. The summed E-state index contributed by atoms with van der Waals surface area (Å²) in [6, 6.07) is 3.77. The monoisotopic (exact) mass is 399 g/mol. The maximum atomic E-state index is 9.67. The Hall–Kier alpha value is 0.190. The van der Waals surface area contributed by atoms with Crippen LogP contribution in [0.4, 0.5) is 0 Å². The van der Waals surface area contributed by atoms with E-state index in [1.807, 2.05) is 12.1 Å². The smallest absolute Gasteiger partial charge is 0.143 e. The lowest BCUT2D eigenvalue weighted by atomic mass is 9.88. The molecule has 0 aromatic heterocycles. The molecule has 1 atom stereocenters. The normalized spacial score (nSPS) is 18.2. The largest absolute Gasteiger partial charge is 0.506 e. The van der Waals surface area contributed by atoms with Crippen molar-refractivity contribution >= 4 is 44.3 Å². The van der Waals surface area contributed by atoms with E-state index in [1.165, 1.54) is 0 Å². The van der Waals surface area contributed by atoms with Crippen molar-refractivity contribution in [3.63, 3.8) is 0 Å². The Kier molecular flexibility index (Phi) is 6.41. The Balaban J connectivity index is 0.00000162. The van der Waals surface area contributed by atoms with Crippen molar-refractivity contribution in [2.24, 2.45) is 11.7 Å². The first-order chi connectivity index (χ1) is 8.09. The van der Waals surface area contributed by atoms with Crippen LogP contribution in [0.1, 0.15) is 24.4 Å². The van der Waals surface area contributed by atoms with Crippen LogP contribution in [0.25, 0.3) is 0 Å². The molecule has 2 rings (SSSR count). The molecule has 102 valence electrons. The van der Waals surface area contributed by atoms with Gasteiger partial charge in [-0.1, -0.05) is 0 Å². The van der Waals surface area contributed by atoms with E-state index in [0.29, 0.717) is 14.9 Å². The topological polar surface area (TPSA) is 55.5 Å². The van der Waals surface area contributed by atoms with Crippen molar-refractivity contribution in [2.45, 2.75) is 18.9 Å². The number of halogens is 3. The number of phenols is 1. The molecule has 1 heterocycles. The highest BCUT2D eigenvalue weighted by atomic mass is 79.9. The summed E-state index contributed by atoms with van der Waals surface area (Å²) in [5.74, 6) is 0.667. The predicted octanol–water partition coefficient (Wildman–Crippen LogP) is 3.77. The van der Waals surface area contributed by atoms with Crippen LogP contribution in [0.5, 0.6) is 5.75 Å². The van der Waals surface area contributed by atoms with E-state index in [4.69, 9.17) is 10.5 Å². The van der Waals surface area contributed by atoms with E-state index in [1.54, 1.807) is 0 Å². The summed E-state index contributed by atoms with van der Waals surface area (Å²) in [4.78, 5) is 0. The van der Waals surface area contributed by atoms with Gasteiger partial charge in [0.15, 0.2) is 0 Å². The van der Waals surface area contributed by atoms with Crippen LogP contribution in [-0.4, -0.2) is 18.3 Å². The van der Waals surface area contributed by atoms with Crippen molar-refractivity contribution in [1.82, 2.24) is 0 Å². The molecule has 0 amide bonds. The average molecular weight is 402 g/mol. The van der Waals surface area contributed by atoms with Gasteiger partial charge in [-0.15, -0.1) is 12.4 Å². The number of nitrogens with two attached hydrogens (primary N) is 1. The number of aromatic hydroxyl groups is 1. The first kappa shape index (κ1) is 16.2. The van der Waals surface area contributed by atoms with Gasteiger partial charge < -0.3 is 15.6 Å². The van der Waals surface area contributed by atoms with Gasteiger partial charge in [-0.3, -0.25) is 0 Å². The molecule has 1 aliphatic rings. The van der Waals surface area contributed by atoms with Gasteiger partial charge in [-0.25, -0.2) is 0 Å². The Bertz CT molecular complexity index is 388. The van der Waals surface area contributed by atoms with Crippen molar-refractivity contribution in [3.05, 3.63) is 26.6 Å². The zero-order chi connectivity index (χ0) is 12.4. The summed E-state index contributed by atoms with van der Waals surface area (Å²) in [6.45, 7) is 1.58. The van der Waals surface area contributed by atoms with E-state index >= 15 is 0 Å². The quantitative estimate of drug-likeness (QED) is 0.793. The summed E-state index contributed by atoms with van der Waals surface area (Å²) < 4.78 is 6.68. The summed E-state index contributed by atoms with van der Waals surface area (Å²) in [5.41, 5.74) is 7.31. The first-order valence-corrected chi connectivity index (χ1v) is 7.19. The fraction of sp³-hybridized carbons (Fsp3) is 0.500. The Morgan fingerprint density at radius 3 is 2.22 bits per heavy atom. The van der Waals surface area contributed by atoms with Gasteiger partial charge in [0.1, 0.15) is 5.75 Å². The van der Waals surface area contributed by atoms with Crippen LogP contribution in [0.15, 0.2) is 21.1 Å². The molecule has 0 bridgehead atoms. The first-order valence-electron chi connectivity index (χ1n) is 5.61. The average Bonchev–Trinajstić information content (AvgIpc) is 2.35. The van der Waals surface area contributed by atoms with Gasteiger partial charge in [0.05, 0.1) is 8.95 Å². The molecule has 0 saturated carbocycles. The maximum Gasteiger partial charge on any atom is 0.143 e. The highest BCUT2D eigenvalue weighted by molar-refractivity contribution is 9.11. The summed E-state index contributed by atoms with van der Waals surface area (Å²) in [7, 11) is 0. The van der Waals surface area contributed by atoms with Crippen LogP contribution >= 0.6 is 44.3 Å². The molecule has 0 radical (unpaired) electrons. The van der Waals surface area contributed by atoms with Gasteiger partial charge in [0, 0.05) is 19.3 Å². The summed E-state index contributed by atoms with van der Waals surface area (Å²) >= 11 is 6.66. The van der Waals surface area contributed by atoms with E-state index in [2.05, 4.69) is 31.9 Å². The molecular formula is C12H16Br2ClNO2. The van der Waals surface area contributed by atoms with Crippen molar-refractivity contribution in [2.75, 3.05) is 13.2 Å². The Morgan fingerprint density at radius 1 is 1.22 bits per heavy atom. The number of hydrogen-bond acceptors (Lipinski definition) is 3. The molecule has 1 fully saturated rings. The predicted molar refractivity (Wildman–Crippen MR) is 81.2 cm³/mol. The lowest BCUT2D eigenvalue weighted by Gasteiger charge is -2.28. The van der Waals surface area contributed by atoms with Crippen molar-refractivity contribution in [3.8, 4) is 5.75 Å². The van der Waals surface area contributed by atoms with Gasteiger partial charge >= 0.3 is 0 Å². The molecule has 3 nitrogen and oxygen atoms in total. The van der Waals surface area contributed by atoms with Crippen molar-refractivity contribution in [1.29, 1.82) is 0 Å². The third-order valence-electron chi connectivity index (χ3n) is 3.20. The molecule has 1 aliphatic heterocycles. The van der Waals surface area contributed by atoms with E-state index in [9.17, 15) is 5.11 Å². The van der Waals surface area contributed by atoms with Crippen LogP contribution < -0.4 is 5.73 Å². The second-order valence-corrected chi connectivity index (χ2v) is 6.02. The standard InChI is InChI=1S/C12H15Br2NO2.ClH/c13-9-5-8(6-10(14)12(9)16)11(15)7-1-3-17-4-2-7;/h5-7,11,16H,1-4,15H2;1H/t11-;/m0./s1. The molecule has 1 saturated heterocycles. The van der Waals surface area contributed by atoms with Crippen LogP contribution in [-0.2, 0) is 4.74 Å². The van der Waals surface area contributed by atoms with Gasteiger partial charge in [0.2, 0.25) is 0 Å². The van der Waals surface area contributed by atoms with Gasteiger partial charge in [-0.2, -0.15) is 0 Å². The molecule has 3 N–H and O–H groups in total. The second-order valence-electron chi connectivity index (χ2n) is 4.31. The third kappa shape index (κ3) is 3.61. The number of hydrogen-bond donors (Lipinski definition) is 2. The molecule has 6 heteroatoms. The molecular weight excluding hydrogens is 385 g/mol. The molecule has 0 aliphatic carbocycles. The van der Waals surface area contributed by atoms with Crippen LogP contribution in [0.2, 0.25) is 0 Å². The molecule has 0 unspecified atom stereocenters. The van der Waals surface area contributed by atoms with Crippen LogP contribution in [0, 0.1) is 5.92 Å². The molecule has 0 spiro atoms. The highest BCUT2D eigenvalue weighted by Gasteiger charge is 2.23. The minimum absolute atomic E-state index is 0. The molecule has 1 aromatic carbocycles. The Labute approximate surface area is 130 Å². The fourth-order valence-corrected chi connectivity index (χ4v) is 3.35. The maximum absolute atomic E-state index is 9.67. The zero-order valence-corrected chi connectivity index (χ0v) is 13.7. The zero-order valence-electron chi connectivity index (χ0n) is 9.73. The molecule has 18 heavy (non-hydrogen) atoms. The number of phenolic OH excluding ortho intramolecular Hbond substituents is 1. The summed E-state index contributed by atoms with van der Waals surface area (Å²) in [6.07, 6.45) is 1.99. The van der Waals surface area contributed by atoms with Crippen LogP contribution in [0.3, 0.4) is 0 Å². The summed E-state index contributed by atoms with van der Waals surface area (Å²) in [5, 5.41) is 9.67. The van der Waals surface area contributed by atoms with E-state index < -0.39 is 0 Å². The number of benzene rings is 1. The Morgan fingerprint density at radius 2 is 1.72 bits per heavy atom. The van der Waals surface area contributed by atoms with Gasteiger partial charge in [-0.05, 0) is 68.3 Å². The minimum atomic E-state index is -0.00731. The van der Waals surface area contributed by atoms with E-state index in [-0.39, 0.29) is 24.2 Å². The lowest BCUT2D eigenvalue weighted by Crippen LogP contribution is -2.27. The van der Waals surface area contributed by atoms with E-state index in [0.717, 1.165) is 31.6 Å². The highest BCUT2D eigenvalue weighted by Crippen LogP contribution is 2.37.